The van der Waals surface area contributed by atoms with E-state index in [0.29, 0.717) is 29.8 Å². The number of hydrogen-bond donors (Lipinski definition) is 1. The number of likely N-dealkylation sites (tertiary alicyclic amines) is 1. The Morgan fingerprint density at radius 3 is 2.48 bits per heavy atom. The molecule has 2 aromatic rings. The summed E-state index contributed by atoms with van der Waals surface area (Å²) >= 11 is 0. The average Bonchev–Trinajstić information content (AvgIpc) is 3.20. The molecule has 0 spiro atoms. The van der Waals surface area contributed by atoms with Gasteiger partial charge < -0.3 is 19.6 Å². The fourth-order valence-electron chi connectivity index (χ4n) is 4.84. The highest BCUT2D eigenvalue weighted by atomic mass is 19.1. The first-order valence-corrected chi connectivity index (χ1v) is 11.7. The number of benzene rings is 1. The molecule has 4 rings (SSSR count). The van der Waals surface area contributed by atoms with Crippen molar-refractivity contribution in [1.29, 1.82) is 0 Å². The van der Waals surface area contributed by atoms with Gasteiger partial charge in [0.2, 0.25) is 0 Å². The number of aryl methyl sites for hydroxylation is 1. The van der Waals surface area contributed by atoms with Crippen LogP contribution < -0.4 is 0 Å². The minimum Gasteiger partial charge on any atom is -0.411 e. The normalized spacial score (nSPS) is 19.0. The Morgan fingerprint density at radius 1 is 1.09 bits per heavy atom. The standard InChI is InChI=1S/C25H31FN4O3/c1-28-14-11-22(27-33)23-21(25(28)32)10-17-30(23)13-3-2-12-29-15-8-19(9-16-29)24(31)18-4-6-20(26)7-5-18/h4-7,10,17,19,33H,2-3,8-9,11-16H2,1H3. The van der Waals surface area contributed by atoms with E-state index in [1.807, 2.05) is 16.8 Å². The molecule has 3 heterocycles. The number of carbonyl (C=O) groups is 2. The molecule has 1 aromatic heterocycles. The molecule has 2 aliphatic heterocycles. The lowest BCUT2D eigenvalue weighted by Gasteiger charge is -2.31. The molecule has 1 fully saturated rings. The van der Waals surface area contributed by atoms with E-state index in [-0.39, 0.29) is 23.4 Å². The molecule has 1 amide bonds. The number of nitrogens with zero attached hydrogens (tertiary/aromatic N) is 4. The summed E-state index contributed by atoms with van der Waals surface area (Å²) < 4.78 is 15.1. The minimum atomic E-state index is -0.323. The maximum absolute atomic E-state index is 13.1. The zero-order valence-electron chi connectivity index (χ0n) is 19.0. The highest BCUT2D eigenvalue weighted by Gasteiger charge is 2.28. The van der Waals surface area contributed by atoms with Crippen LogP contribution in [0, 0.1) is 11.7 Å². The van der Waals surface area contributed by atoms with Gasteiger partial charge in [0.1, 0.15) is 11.5 Å². The second-order valence-electron chi connectivity index (χ2n) is 8.99. The van der Waals surface area contributed by atoms with Crippen molar-refractivity contribution < 1.29 is 19.2 Å². The highest BCUT2D eigenvalue weighted by molar-refractivity contribution is 6.10. The van der Waals surface area contributed by atoms with Gasteiger partial charge in [-0.25, -0.2) is 4.39 Å². The van der Waals surface area contributed by atoms with E-state index in [9.17, 15) is 19.2 Å². The third-order valence-corrected chi connectivity index (χ3v) is 6.83. The summed E-state index contributed by atoms with van der Waals surface area (Å²) in [7, 11) is 1.76. The number of Topliss-reactive ketones (excluding diaryl/α,β-unsaturated/α-hetero) is 1. The maximum atomic E-state index is 13.1. The van der Waals surface area contributed by atoms with Crippen LogP contribution in [0.4, 0.5) is 4.39 Å². The fraction of sp³-hybridized carbons (Fsp3) is 0.480. The number of rotatable bonds is 7. The van der Waals surface area contributed by atoms with Gasteiger partial charge in [-0.15, -0.1) is 0 Å². The lowest BCUT2D eigenvalue weighted by Crippen LogP contribution is -2.37. The first kappa shape index (κ1) is 23.2. The van der Waals surface area contributed by atoms with E-state index in [4.69, 9.17) is 0 Å². The van der Waals surface area contributed by atoms with Crippen LogP contribution >= 0.6 is 0 Å². The van der Waals surface area contributed by atoms with Gasteiger partial charge in [0.15, 0.2) is 5.78 Å². The Labute approximate surface area is 193 Å². The number of ketones is 1. The predicted octanol–water partition coefficient (Wildman–Crippen LogP) is 3.66. The second-order valence-corrected chi connectivity index (χ2v) is 8.99. The van der Waals surface area contributed by atoms with Crippen molar-refractivity contribution in [2.24, 2.45) is 11.1 Å². The number of amides is 1. The SMILES string of the molecule is CN1CCC(=NO)c2c(ccn2CCCCN2CCC(C(=O)c3ccc(F)cc3)CC2)C1=O. The van der Waals surface area contributed by atoms with Gasteiger partial charge in [-0.05, 0) is 75.6 Å². The molecule has 8 heteroatoms. The summed E-state index contributed by atoms with van der Waals surface area (Å²) in [5, 5.41) is 12.9. The molecule has 1 aromatic carbocycles. The van der Waals surface area contributed by atoms with Crippen LogP contribution in [0.1, 0.15) is 58.5 Å². The molecule has 1 saturated heterocycles. The molecular formula is C25H31FN4O3. The molecule has 176 valence electrons. The Kier molecular flexibility index (Phi) is 7.23. The third kappa shape index (κ3) is 5.16. The van der Waals surface area contributed by atoms with Crippen LogP contribution in [-0.2, 0) is 6.54 Å². The molecule has 0 saturated carbocycles. The van der Waals surface area contributed by atoms with E-state index < -0.39 is 0 Å². The van der Waals surface area contributed by atoms with Crippen molar-refractivity contribution in [2.75, 3.05) is 33.2 Å². The number of aromatic nitrogens is 1. The molecule has 0 bridgehead atoms. The van der Waals surface area contributed by atoms with Gasteiger partial charge in [-0.3, -0.25) is 9.59 Å². The Balaban J connectivity index is 1.25. The van der Waals surface area contributed by atoms with Gasteiger partial charge in [-0.1, -0.05) is 5.16 Å². The van der Waals surface area contributed by atoms with Crippen molar-refractivity contribution in [1.82, 2.24) is 14.4 Å². The largest absolute Gasteiger partial charge is 0.411 e. The Bertz CT molecular complexity index is 1020. The quantitative estimate of drug-likeness (QED) is 0.300. The van der Waals surface area contributed by atoms with Gasteiger partial charge in [0.05, 0.1) is 11.3 Å². The highest BCUT2D eigenvalue weighted by Crippen LogP contribution is 2.23. The predicted molar refractivity (Wildman–Crippen MR) is 123 cm³/mol. The first-order chi connectivity index (χ1) is 16.0. The van der Waals surface area contributed by atoms with E-state index >= 15 is 0 Å². The van der Waals surface area contributed by atoms with E-state index in [0.717, 1.165) is 57.6 Å². The number of oxime groups is 1. The monoisotopic (exact) mass is 454 g/mol. The molecule has 0 atom stereocenters. The second kappa shape index (κ2) is 10.3. The number of carbonyl (C=O) groups excluding carboxylic acids is 2. The molecule has 1 N–H and O–H groups in total. The van der Waals surface area contributed by atoms with Crippen LogP contribution in [0.25, 0.3) is 0 Å². The van der Waals surface area contributed by atoms with Crippen molar-refractivity contribution in [3.63, 3.8) is 0 Å². The number of unbranched alkanes of at least 4 members (excludes halogenated alkanes) is 1. The third-order valence-electron chi connectivity index (χ3n) is 6.83. The van der Waals surface area contributed by atoms with Gasteiger partial charge in [0, 0.05) is 44.2 Å². The lowest BCUT2D eigenvalue weighted by atomic mass is 9.89. The van der Waals surface area contributed by atoms with Crippen molar-refractivity contribution in [3.05, 3.63) is 59.2 Å². The van der Waals surface area contributed by atoms with Crippen LogP contribution in [0.3, 0.4) is 0 Å². The molecule has 33 heavy (non-hydrogen) atoms. The summed E-state index contributed by atoms with van der Waals surface area (Å²) in [6.07, 6.45) is 6.03. The van der Waals surface area contributed by atoms with Crippen LogP contribution in [-0.4, -0.2) is 70.2 Å². The molecular weight excluding hydrogens is 423 g/mol. The summed E-state index contributed by atoms with van der Waals surface area (Å²) in [5.74, 6) is -0.241. The van der Waals surface area contributed by atoms with Gasteiger partial charge >= 0.3 is 0 Å². The van der Waals surface area contributed by atoms with Crippen molar-refractivity contribution in [3.8, 4) is 0 Å². The van der Waals surface area contributed by atoms with E-state index in [2.05, 4.69) is 10.1 Å². The van der Waals surface area contributed by atoms with E-state index in [1.54, 1.807) is 24.1 Å². The van der Waals surface area contributed by atoms with E-state index in [1.165, 1.54) is 12.1 Å². The van der Waals surface area contributed by atoms with Gasteiger partial charge in [-0.2, -0.15) is 0 Å². The summed E-state index contributed by atoms with van der Waals surface area (Å²) in [5.41, 5.74) is 2.47. The lowest BCUT2D eigenvalue weighted by molar-refractivity contribution is 0.0800. The molecule has 2 aliphatic rings. The summed E-state index contributed by atoms with van der Waals surface area (Å²) in [6.45, 7) is 4.03. The summed E-state index contributed by atoms with van der Waals surface area (Å²) in [4.78, 5) is 29.3. The van der Waals surface area contributed by atoms with Crippen molar-refractivity contribution >= 4 is 17.4 Å². The number of hydrogen-bond acceptors (Lipinski definition) is 5. The zero-order chi connectivity index (χ0) is 23.4. The molecule has 0 aliphatic carbocycles. The fourth-order valence-corrected chi connectivity index (χ4v) is 4.84. The molecule has 7 nitrogen and oxygen atoms in total. The number of piperidine rings is 1. The van der Waals surface area contributed by atoms with Crippen LogP contribution in [0.15, 0.2) is 41.7 Å². The van der Waals surface area contributed by atoms with Crippen LogP contribution in [0.2, 0.25) is 0 Å². The zero-order valence-corrected chi connectivity index (χ0v) is 19.0. The minimum absolute atomic E-state index is 0.00824. The van der Waals surface area contributed by atoms with Gasteiger partial charge in [0.25, 0.3) is 5.91 Å². The average molecular weight is 455 g/mol. The topological polar surface area (TPSA) is 78.1 Å². The number of fused-ring (bicyclic) bond motifs is 1. The van der Waals surface area contributed by atoms with Crippen LogP contribution in [0.5, 0.6) is 0 Å². The maximum Gasteiger partial charge on any atom is 0.255 e. The molecule has 0 unspecified atom stereocenters. The van der Waals surface area contributed by atoms with Crippen molar-refractivity contribution in [2.45, 2.75) is 38.6 Å². The first-order valence-electron chi connectivity index (χ1n) is 11.7. The molecule has 0 radical (unpaired) electrons. The Hall–Kier alpha value is -3.00. The smallest absolute Gasteiger partial charge is 0.255 e. The number of halogens is 1. The summed E-state index contributed by atoms with van der Waals surface area (Å²) in [6, 6.07) is 7.65. The Morgan fingerprint density at radius 2 is 1.79 bits per heavy atom.